The van der Waals surface area contributed by atoms with Crippen LogP contribution in [0.15, 0.2) is 48.7 Å². The molecule has 2 heterocycles. The summed E-state index contributed by atoms with van der Waals surface area (Å²) in [6.45, 7) is 5.63. The first-order valence-corrected chi connectivity index (χ1v) is 10.4. The molecule has 0 atom stereocenters. The van der Waals surface area contributed by atoms with Crippen LogP contribution in [-0.4, -0.2) is 60.0 Å². The van der Waals surface area contributed by atoms with E-state index in [4.69, 9.17) is 16.3 Å². The van der Waals surface area contributed by atoms with Crippen molar-refractivity contribution >= 4 is 28.4 Å². The second kappa shape index (κ2) is 9.39. The summed E-state index contributed by atoms with van der Waals surface area (Å²) in [4.78, 5) is 14.8. The fraction of sp³-hybridized carbons (Fsp3) is 0.364. The number of morpholine rings is 1. The molecule has 0 saturated carbocycles. The van der Waals surface area contributed by atoms with Gasteiger partial charge in [0.2, 0.25) is 0 Å². The number of aromatic nitrogens is 2. The van der Waals surface area contributed by atoms with E-state index in [0.29, 0.717) is 12.1 Å². The Labute approximate surface area is 175 Å². The molecule has 1 amide bonds. The second-order valence-corrected chi connectivity index (χ2v) is 7.69. The van der Waals surface area contributed by atoms with Crippen molar-refractivity contribution in [1.29, 1.82) is 0 Å². The number of nitrogens with zero attached hydrogens (tertiary/aromatic N) is 3. The summed E-state index contributed by atoms with van der Waals surface area (Å²) in [7, 11) is 0. The summed E-state index contributed by atoms with van der Waals surface area (Å²) >= 11 is 6.05. The zero-order chi connectivity index (χ0) is 20.1. The van der Waals surface area contributed by atoms with Gasteiger partial charge >= 0.3 is 0 Å². The van der Waals surface area contributed by atoms with Gasteiger partial charge in [-0.05, 0) is 42.3 Å². The smallest absolute Gasteiger partial charge is 0.251 e. The Balaban J connectivity index is 1.34. The van der Waals surface area contributed by atoms with Gasteiger partial charge in [-0.15, -0.1) is 0 Å². The number of nitrogens with one attached hydrogen (secondary N) is 1. The van der Waals surface area contributed by atoms with Crippen LogP contribution in [-0.2, 0) is 17.7 Å². The number of hydrogen-bond donors (Lipinski definition) is 1. The summed E-state index contributed by atoms with van der Waals surface area (Å²) in [5, 5.41) is 9.33. The van der Waals surface area contributed by atoms with Crippen LogP contribution in [0, 0.1) is 0 Å². The lowest BCUT2D eigenvalue weighted by Gasteiger charge is -2.26. The lowest BCUT2D eigenvalue weighted by Crippen LogP contribution is -2.41. The van der Waals surface area contributed by atoms with Crippen molar-refractivity contribution in [1.82, 2.24) is 20.0 Å². The Morgan fingerprint density at radius 3 is 2.83 bits per heavy atom. The number of ether oxygens (including phenoxy) is 1. The lowest BCUT2D eigenvalue weighted by atomic mass is 10.1. The summed E-state index contributed by atoms with van der Waals surface area (Å²) in [6.07, 6.45) is 2.84. The van der Waals surface area contributed by atoms with E-state index >= 15 is 0 Å². The van der Waals surface area contributed by atoms with E-state index in [1.165, 1.54) is 5.56 Å². The minimum Gasteiger partial charge on any atom is -0.379 e. The van der Waals surface area contributed by atoms with Crippen LogP contribution in [0.1, 0.15) is 15.9 Å². The third kappa shape index (κ3) is 5.35. The van der Waals surface area contributed by atoms with E-state index < -0.39 is 0 Å². The minimum absolute atomic E-state index is 0.0492. The molecule has 152 valence electrons. The standard InChI is InChI=1S/C22H25ClN4O2/c23-20-3-1-2-17(14-20)6-8-27-16-19-15-18(4-5-21(19)25-27)22(28)24-7-9-26-10-12-29-13-11-26/h1-5,14-16H,6-13H2,(H,24,28). The van der Waals surface area contributed by atoms with Gasteiger partial charge in [0.25, 0.3) is 5.91 Å². The zero-order valence-corrected chi connectivity index (χ0v) is 17.1. The van der Waals surface area contributed by atoms with Crippen molar-refractivity contribution in [2.75, 3.05) is 39.4 Å². The summed E-state index contributed by atoms with van der Waals surface area (Å²) < 4.78 is 7.27. The van der Waals surface area contributed by atoms with Gasteiger partial charge in [0.15, 0.2) is 0 Å². The van der Waals surface area contributed by atoms with Gasteiger partial charge in [-0.1, -0.05) is 23.7 Å². The van der Waals surface area contributed by atoms with Crippen LogP contribution in [0.3, 0.4) is 0 Å². The first-order valence-electron chi connectivity index (χ1n) is 9.97. The Morgan fingerprint density at radius 1 is 1.14 bits per heavy atom. The fourth-order valence-corrected chi connectivity index (χ4v) is 3.74. The van der Waals surface area contributed by atoms with E-state index in [9.17, 15) is 4.79 Å². The molecular weight excluding hydrogens is 388 g/mol. The summed E-state index contributed by atoms with van der Waals surface area (Å²) in [5.41, 5.74) is 2.73. The molecule has 1 aliphatic heterocycles. The Morgan fingerprint density at radius 2 is 2.00 bits per heavy atom. The maximum Gasteiger partial charge on any atom is 0.251 e. The van der Waals surface area contributed by atoms with Crippen molar-refractivity contribution < 1.29 is 9.53 Å². The SMILES string of the molecule is O=C(NCCN1CCOCC1)c1ccc2nn(CCc3cccc(Cl)c3)cc2c1. The number of hydrogen-bond acceptors (Lipinski definition) is 4. The number of aryl methyl sites for hydroxylation is 2. The number of halogens is 1. The van der Waals surface area contributed by atoms with Gasteiger partial charge < -0.3 is 10.1 Å². The fourth-order valence-electron chi connectivity index (χ4n) is 3.52. The highest BCUT2D eigenvalue weighted by molar-refractivity contribution is 6.30. The second-order valence-electron chi connectivity index (χ2n) is 7.26. The summed E-state index contributed by atoms with van der Waals surface area (Å²) in [5.74, 6) is -0.0492. The van der Waals surface area contributed by atoms with Gasteiger partial charge in [-0.2, -0.15) is 5.10 Å². The average Bonchev–Trinajstić information content (AvgIpc) is 3.15. The lowest BCUT2D eigenvalue weighted by molar-refractivity contribution is 0.0383. The Bertz CT molecular complexity index is 982. The van der Waals surface area contributed by atoms with Crippen molar-refractivity contribution in [3.05, 3.63) is 64.8 Å². The topological polar surface area (TPSA) is 59.4 Å². The molecule has 1 saturated heterocycles. The number of benzene rings is 2. The molecule has 0 aliphatic carbocycles. The zero-order valence-electron chi connectivity index (χ0n) is 16.3. The first-order chi connectivity index (χ1) is 14.2. The van der Waals surface area contributed by atoms with E-state index in [0.717, 1.165) is 61.7 Å². The predicted molar refractivity (Wildman–Crippen MR) is 114 cm³/mol. The molecule has 1 N–H and O–H groups in total. The normalized spacial score (nSPS) is 14.9. The van der Waals surface area contributed by atoms with Gasteiger partial charge in [0.05, 0.1) is 18.7 Å². The molecule has 1 aliphatic rings. The van der Waals surface area contributed by atoms with Crippen molar-refractivity contribution in [2.45, 2.75) is 13.0 Å². The van der Waals surface area contributed by atoms with Crippen LogP contribution >= 0.6 is 11.6 Å². The molecule has 29 heavy (non-hydrogen) atoms. The molecular formula is C22H25ClN4O2. The molecule has 0 unspecified atom stereocenters. The molecule has 0 spiro atoms. The third-order valence-electron chi connectivity index (χ3n) is 5.15. The van der Waals surface area contributed by atoms with Crippen LogP contribution in [0.4, 0.5) is 0 Å². The number of carbonyl (C=O) groups excluding carboxylic acids is 1. The molecule has 1 fully saturated rings. The van der Waals surface area contributed by atoms with Crippen LogP contribution in [0.2, 0.25) is 5.02 Å². The van der Waals surface area contributed by atoms with Gasteiger partial charge in [-0.3, -0.25) is 14.4 Å². The van der Waals surface area contributed by atoms with Gasteiger partial charge in [0.1, 0.15) is 0 Å². The molecule has 6 nitrogen and oxygen atoms in total. The molecule has 7 heteroatoms. The van der Waals surface area contributed by atoms with Crippen LogP contribution in [0.25, 0.3) is 10.9 Å². The Kier molecular flexibility index (Phi) is 6.44. The quantitative estimate of drug-likeness (QED) is 0.648. The van der Waals surface area contributed by atoms with Gasteiger partial charge in [0, 0.05) is 54.9 Å². The van der Waals surface area contributed by atoms with Crippen molar-refractivity contribution in [2.24, 2.45) is 0 Å². The molecule has 0 bridgehead atoms. The highest BCUT2D eigenvalue weighted by atomic mass is 35.5. The average molecular weight is 413 g/mol. The largest absolute Gasteiger partial charge is 0.379 e. The maximum atomic E-state index is 12.5. The monoisotopic (exact) mass is 412 g/mol. The van der Waals surface area contributed by atoms with Crippen LogP contribution in [0.5, 0.6) is 0 Å². The highest BCUT2D eigenvalue weighted by Crippen LogP contribution is 2.16. The van der Waals surface area contributed by atoms with E-state index in [-0.39, 0.29) is 5.91 Å². The molecule has 2 aromatic carbocycles. The number of amides is 1. The van der Waals surface area contributed by atoms with E-state index in [2.05, 4.69) is 21.4 Å². The minimum atomic E-state index is -0.0492. The van der Waals surface area contributed by atoms with Crippen LogP contribution < -0.4 is 5.32 Å². The molecule has 1 aromatic heterocycles. The van der Waals surface area contributed by atoms with E-state index in [1.807, 2.05) is 47.3 Å². The molecule has 0 radical (unpaired) electrons. The first kappa shape index (κ1) is 19.9. The third-order valence-corrected chi connectivity index (χ3v) is 5.39. The van der Waals surface area contributed by atoms with Crippen molar-refractivity contribution in [3.8, 4) is 0 Å². The number of carbonyl (C=O) groups is 1. The maximum absolute atomic E-state index is 12.5. The molecule has 3 aromatic rings. The van der Waals surface area contributed by atoms with Crippen molar-refractivity contribution in [3.63, 3.8) is 0 Å². The Hall–Kier alpha value is -2.41. The number of rotatable bonds is 7. The number of fused-ring (bicyclic) bond motifs is 1. The predicted octanol–water partition coefficient (Wildman–Crippen LogP) is 2.99. The van der Waals surface area contributed by atoms with E-state index in [1.54, 1.807) is 0 Å². The van der Waals surface area contributed by atoms with Gasteiger partial charge in [-0.25, -0.2) is 0 Å². The summed E-state index contributed by atoms with van der Waals surface area (Å²) in [6, 6.07) is 13.5. The highest BCUT2D eigenvalue weighted by Gasteiger charge is 2.12. The molecule has 4 rings (SSSR count).